The summed E-state index contributed by atoms with van der Waals surface area (Å²) in [7, 11) is 0. The first-order valence-electron chi connectivity index (χ1n) is 9.11. The molecule has 1 aliphatic heterocycles. The molecule has 27 heavy (non-hydrogen) atoms. The predicted molar refractivity (Wildman–Crippen MR) is 103 cm³/mol. The van der Waals surface area contributed by atoms with Gasteiger partial charge in [-0.2, -0.15) is 0 Å². The Kier molecular flexibility index (Phi) is 6.38. The zero-order valence-electron chi connectivity index (χ0n) is 15.4. The number of esters is 1. The van der Waals surface area contributed by atoms with Crippen molar-refractivity contribution in [1.29, 1.82) is 0 Å². The van der Waals surface area contributed by atoms with Crippen molar-refractivity contribution in [3.8, 4) is 0 Å². The van der Waals surface area contributed by atoms with Crippen LogP contribution >= 0.6 is 0 Å². The molecule has 0 radical (unpaired) electrons. The lowest BCUT2D eigenvalue weighted by atomic mass is 10.1. The summed E-state index contributed by atoms with van der Waals surface area (Å²) in [5.41, 5.74) is 1.74. The summed E-state index contributed by atoms with van der Waals surface area (Å²) >= 11 is 0. The van der Waals surface area contributed by atoms with E-state index in [4.69, 9.17) is 0 Å². The molecule has 142 valence electrons. The molecule has 2 aromatic rings. The first-order valence-corrected chi connectivity index (χ1v) is 9.11. The minimum atomic E-state index is -0.868. The quantitative estimate of drug-likeness (QED) is 0.642. The average Bonchev–Trinajstić information content (AvgIpc) is 2.71. The van der Waals surface area contributed by atoms with Crippen LogP contribution in [0.3, 0.4) is 0 Å². The van der Waals surface area contributed by atoms with Crippen LogP contribution in [0.2, 0.25) is 0 Å². The summed E-state index contributed by atoms with van der Waals surface area (Å²) in [6.45, 7) is 6.53. The van der Waals surface area contributed by atoms with Crippen LogP contribution in [0.5, 0.6) is 0 Å². The Morgan fingerprint density at radius 2 is 1.81 bits per heavy atom. The third-order valence-corrected chi connectivity index (χ3v) is 4.42. The molecule has 0 unspecified atom stereocenters. The van der Waals surface area contributed by atoms with Gasteiger partial charge in [-0.15, -0.1) is 0 Å². The molecule has 0 aliphatic carbocycles. The second kappa shape index (κ2) is 9.14. The number of carbonyl (C=O) groups is 2. The summed E-state index contributed by atoms with van der Waals surface area (Å²) in [5, 5.41) is 2.54. The van der Waals surface area contributed by atoms with Crippen molar-refractivity contribution in [1.82, 2.24) is 9.88 Å². The number of rotatable bonds is 5. The molecular formula is C20H24N4O3. The number of carbonyl (C=O) groups excluding carboxylic acids is 2. The number of nitrogens with one attached hydrogen (secondary N) is 1. The standard InChI is InChI=1S/C20H24N4O3/c1-2-27-20(26)19(25)22-17-8-6-16(7-9-17)15-23-11-13-24(14-12-23)18-5-3-4-10-21-18/h3-10H,2,11-15H2,1H3,(H,22,25). The number of aromatic nitrogens is 1. The van der Waals surface area contributed by atoms with Crippen LogP contribution in [0.1, 0.15) is 12.5 Å². The van der Waals surface area contributed by atoms with Crippen LogP contribution in [-0.4, -0.2) is 54.5 Å². The van der Waals surface area contributed by atoms with Gasteiger partial charge in [0.1, 0.15) is 5.82 Å². The second-order valence-corrected chi connectivity index (χ2v) is 6.32. The summed E-state index contributed by atoms with van der Waals surface area (Å²) in [6, 6.07) is 13.5. The topological polar surface area (TPSA) is 74.8 Å². The number of nitrogens with zero attached hydrogens (tertiary/aromatic N) is 3. The van der Waals surface area contributed by atoms with E-state index in [0.717, 1.165) is 44.1 Å². The van der Waals surface area contributed by atoms with Crippen molar-refractivity contribution in [2.75, 3.05) is 43.0 Å². The van der Waals surface area contributed by atoms with Gasteiger partial charge in [0.05, 0.1) is 6.61 Å². The lowest BCUT2D eigenvalue weighted by Gasteiger charge is -2.35. The zero-order valence-corrected chi connectivity index (χ0v) is 15.4. The third kappa shape index (κ3) is 5.27. The van der Waals surface area contributed by atoms with Crippen LogP contribution in [0.4, 0.5) is 11.5 Å². The van der Waals surface area contributed by atoms with Gasteiger partial charge in [-0.3, -0.25) is 9.69 Å². The van der Waals surface area contributed by atoms with Gasteiger partial charge in [-0.1, -0.05) is 18.2 Å². The van der Waals surface area contributed by atoms with Gasteiger partial charge in [0.25, 0.3) is 0 Å². The van der Waals surface area contributed by atoms with Gasteiger partial charge in [0, 0.05) is 44.6 Å². The molecule has 0 atom stereocenters. The number of anilines is 2. The second-order valence-electron chi connectivity index (χ2n) is 6.32. The molecule has 1 aliphatic rings. The molecule has 1 aromatic carbocycles. The molecule has 2 heterocycles. The van der Waals surface area contributed by atoms with Crippen LogP contribution < -0.4 is 10.2 Å². The van der Waals surface area contributed by atoms with Crippen molar-refractivity contribution in [3.05, 3.63) is 54.2 Å². The van der Waals surface area contributed by atoms with E-state index in [1.54, 1.807) is 19.1 Å². The van der Waals surface area contributed by atoms with E-state index < -0.39 is 11.9 Å². The SMILES string of the molecule is CCOC(=O)C(=O)Nc1ccc(CN2CCN(c3ccccn3)CC2)cc1. The Hall–Kier alpha value is -2.93. The molecule has 1 N–H and O–H groups in total. The minimum Gasteiger partial charge on any atom is -0.459 e. The van der Waals surface area contributed by atoms with E-state index in [1.807, 2.05) is 36.5 Å². The van der Waals surface area contributed by atoms with E-state index in [0.29, 0.717) is 5.69 Å². The van der Waals surface area contributed by atoms with E-state index in [9.17, 15) is 9.59 Å². The highest BCUT2D eigenvalue weighted by Gasteiger charge is 2.18. The van der Waals surface area contributed by atoms with E-state index in [2.05, 4.69) is 24.8 Å². The fourth-order valence-electron chi connectivity index (χ4n) is 3.01. The molecule has 1 amide bonds. The molecule has 1 aromatic heterocycles. The van der Waals surface area contributed by atoms with Gasteiger partial charge in [0.2, 0.25) is 0 Å². The van der Waals surface area contributed by atoms with Gasteiger partial charge in [-0.05, 0) is 36.8 Å². The summed E-state index contributed by atoms with van der Waals surface area (Å²) in [6.07, 6.45) is 1.82. The van der Waals surface area contributed by atoms with Crippen molar-refractivity contribution < 1.29 is 14.3 Å². The van der Waals surface area contributed by atoms with Gasteiger partial charge in [0.15, 0.2) is 0 Å². The minimum absolute atomic E-state index is 0.179. The lowest BCUT2D eigenvalue weighted by molar-refractivity contribution is -0.152. The Morgan fingerprint density at radius 3 is 2.44 bits per heavy atom. The highest BCUT2D eigenvalue weighted by Crippen LogP contribution is 2.16. The van der Waals surface area contributed by atoms with E-state index >= 15 is 0 Å². The highest BCUT2D eigenvalue weighted by molar-refractivity contribution is 6.37. The molecule has 1 fully saturated rings. The van der Waals surface area contributed by atoms with Crippen LogP contribution in [0.25, 0.3) is 0 Å². The summed E-state index contributed by atoms with van der Waals surface area (Å²) in [4.78, 5) is 32.1. The Labute approximate surface area is 158 Å². The number of pyridine rings is 1. The highest BCUT2D eigenvalue weighted by atomic mass is 16.5. The van der Waals surface area contributed by atoms with Gasteiger partial charge < -0.3 is 15.0 Å². The monoisotopic (exact) mass is 368 g/mol. The molecule has 1 saturated heterocycles. The Bertz CT molecular complexity index is 757. The fraction of sp³-hybridized carbons (Fsp3) is 0.350. The first-order chi connectivity index (χ1) is 13.2. The number of amides is 1. The smallest absolute Gasteiger partial charge is 0.397 e. The van der Waals surface area contributed by atoms with E-state index in [1.165, 1.54) is 0 Å². The van der Waals surface area contributed by atoms with E-state index in [-0.39, 0.29) is 6.61 Å². The maximum absolute atomic E-state index is 11.6. The van der Waals surface area contributed by atoms with Crippen molar-refractivity contribution in [2.24, 2.45) is 0 Å². The summed E-state index contributed by atoms with van der Waals surface area (Å²) in [5.74, 6) is -0.596. The maximum Gasteiger partial charge on any atom is 0.397 e. The number of hydrogen-bond acceptors (Lipinski definition) is 6. The Morgan fingerprint density at radius 1 is 1.07 bits per heavy atom. The van der Waals surface area contributed by atoms with Crippen molar-refractivity contribution >= 4 is 23.4 Å². The Balaban J connectivity index is 1.48. The fourth-order valence-corrected chi connectivity index (χ4v) is 3.01. The zero-order chi connectivity index (χ0) is 19.1. The molecule has 0 spiro atoms. The normalized spacial score (nSPS) is 14.6. The van der Waals surface area contributed by atoms with Gasteiger partial charge in [-0.25, -0.2) is 9.78 Å². The predicted octanol–water partition coefficient (Wildman–Crippen LogP) is 1.91. The summed E-state index contributed by atoms with van der Waals surface area (Å²) < 4.78 is 4.67. The molecule has 7 heteroatoms. The lowest BCUT2D eigenvalue weighted by Crippen LogP contribution is -2.46. The average molecular weight is 368 g/mol. The maximum atomic E-state index is 11.6. The first kappa shape index (κ1) is 18.8. The van der Waals surface area contributed by atoms with Crippen LogP contribution in [0, 0.1) is 0 Å². The number of hydrogen-bond donors (Lipinski definition) is 1. The molecular weight excluding hydrogens is 344 g/mol. The third-order valence-electron chi connectivity index (χ3n) is 4.42. The molecule has 3 rings (SSSR count). The largest absolute Gasteiger partial charge is 0.459 e. The molecule has 7 nitrogen and oxygen atoms in total. The van der Waals surface area contributed by atoms with Gasteiger partial charge >= 0.3 is 11.9 Å². The molecule has 0 bridgehead atoms. The van der Waals surface area contributed by atoms with Crippen molar-refractivity contribution in [2.45, 2.75) is 13.5 Å². The number of benzene rings is 1. The van der Waals surface area contributed by atoms with Crippen molar-refractivity contribution in [3.63, 3.8) is 0 Å². The van der Waals surface area contributed by atoms with Crippen LogP contribution in [0.15, 0.2) is 48.7 Å². The number of piperazine rings is 1. The molecule has 0 saturated carbocycles. The van der Waals surface area contributed by atoms with Crippen LogP contribution in [-0.2, 0) is 20.9 Å². The number of ether oxygens (including phenoxy) is 1.